The Morgan fingerprint density at radius 1 is 1.18 bits per heavy atom. The highest BCUT2D eigenvalue weighted by molar-refractivity contribution is 7.92. The van der Waals surface area contributed by atoms with Crippen molar-refractivity contribution in [2.45, 2.75) is 32.1 Å². The molecular weight excluding hydrogens is 382 g/mol. The first-order valence-electron chi connectivity index (χ1n) is 9.33. The van der Waals surface area contributed by atoms with Gasteiger partial charge in [0, 0.05) is 23.1 Å². The van der Waals surface area contributed by atoms with E-state index >= 15 is 0 Å². The van der Waals surface area contributed by atoms with E-state index < -0.39 is 27.1 Å². The van der Waals surface area contributed by atoms with Gasteiger partial charge in [-0.05, 0) is 48.9 Å². The van der Waals surface area contributed by atoms with Crippen molar-refractivity contribution in [2.75, 3.05) is 10.5 Å². The van der Waals surface area contributed by atoms with Gasteiger partial charge < -0.3 is 4.98 Å². The molecule has 0 aliphatic heterocycles. The van der Waals surface area contributed by atoms with Gasteiger partial charge in [-0.1, -0.05) is 25.1 Å². The van der Waals surface area contributed by atoms with Crippen LogP contribution in [0.15, 0.2) is 42.6 Å². The number of aromatic amines is 1. The van der Waals surface area contributed by atoms with E-state index in [2.05, 4.69) is 9.71 Å². The lowest BCUT2D eigenvalue weighted by Gasteiger charge is -2.31. The fourth-order valence-electron chi connectivity index (χ4n) is 4.07. The van der Waals surface area contributed by atoms with Crippen molar-refractivity contribution >= 4 is 26.6 Å². The van der Waals surface area contributed by atoms with Crippen molar-refractivity contribution in [1.82, 2.24) is 4.98 Å². The van der Waals surface area contributed by atoms with E-state index in [0.717, 1.165) is 29.9 Å². The average Bonchev–Trinajstić information content (AvgIpc) is 3.41. The SMILES string of the molecule is CCS(=O)(=O)Nc1cccc2c([C@](C)(c3ccc(F)cc3F)C3CC3)c[nH]c12. The Hall–Kier alpha value is -2.41. The Balaban J connectivity index is 1.89. The normalized spacial score (nSPS) is 16.9. The molecule has 1 fully saturated rings. The van der Waals surface area contributed by atoms with Crippen LogP contribution in [-0.4, -0.2) is 19.2 Å². The molecule has 148 valence electrons. The highest BCUT2D eigenvalue weighted by Crippen LogP contribution is 2.53. The van der Waals surface area contributed by atoms with Crippen molar-refractivity contribution in [3.05, 3.63) is 65.4 Å². The minimum atomic E-state index is -3.43. The third kappa shape index (κ3) is 3.07. The summed E-state index contributed by atoms with van der Waals surface area (Å²) >= 11 is 0. The lowest BCUT2D eigenvalue weighted by molar-refractivity contribution is 0.460. The number of nitrogens with one attached hydrogen (secondary N) is 2. The minimum absolute atomic E-state index is 0.0302. The van der Waals surface area contributed by atoms with Gasteiger partial charge in [-0.15, -0.1) is 0 Å². The number of rotatable bonds is 6. The quantitative estimate of drug-likeness (QED) is 0.612. The van der Waals surface area contributed by atoms with Crippen molar-refractivity contribution in [3.8, 4) is 0 Å². The third-order valence-electron chi connectivity index (χ3n) is 5.80. The van der Waals surface area contributed by atoms with Crippen LogP contribution in [0.4, 0.5) is 14.5 Å². The van der Waals surface area contributed by atoms with Crippen LogP contribution < -0.4 is 4.72 Å². The second kappa shape index (κ2) is 6.58. The first kappa shape index (κ1) is 18.9. The van der Waals surface area contributed by atoms with Crippen LogP contribution in [0.25, 0.3) is 10.9 Å². The zero-order valence-electron chi connectivity index (χ0n) is 15.7. The number of para-hydroxylation sites is 1. The molecule has 1 aromatic heterocycles. The van der Waals surface area contributed by atoms with E-state index in [1.165, 1.54) is 12.1 Å². The fourth-order valence-corrected chi connectivity index (χ4v) is 4.71. The van der Waals surface area contributed by atoms with Gasteiger partial charge >= 0.3 is 0 Å². The van der Waals surface area contributed by atoms with Gasteiger partial charge in [0.15, 0.2) is 0 Å². The minimum Gasteiger partial charge on any atom is -0.359 e. The Labute approximate surface area is 163 Å². The molecule has 0 radical (unpaired) electrons. The van der Waals surface area contributed by atoms with Crippen LogP contribution in [0.1, 0.15) is 37.8 Å². The molecule has 0 spiro atoms. The summed E-state index contributed by atoms with van der Waals surface area (Å²) < 4.78 is 54.9. The summed E-state index contributed by atoms with van der Waals surface area (Å²) in [4.78, 5) is 3.17. The number of fused-ring (bicyclic) bond motifs is 1. The predicted molar refractivity (Wildman–Crippen MR) is 107 cm³/mol. The number of anilines is 1. The Morgan fingerprint density at radius 2 is 1.93 bits per heavy atom. The number of benzene rings is 2. The van der Waals surface area contributed by atoms with Crippen LogP contribution in [0.2, 0.25) is 0 Å². The molecule has 1 aliphatic carbocycles. The third-order valence-corrected chi connectivity index (χ3v) is 7.10. The van der Waals surface area contributed by atoms with Gasteiger partial charge in [-0.2, -0.15) is 0 Å². The van der Waals surface area contributed by atoms with Crippen molar-refractivity contribution in [3.63, 3.8) is 0 Å². The van der Waals surface area contributed by atoms with E-state index in [-0.39, 0.29) is 11.7 Å². The van der Waals surface area contributed by atoms with Gasteiger partial charge in [0.25, 0.3) is 0 Å². The zero-order valence-corrected chi connectivity index (χ0v) is 16.5. The molecule has 1 aliphatic rings. The van der Waals surface area contributed by atoms with Crippen LogP contribution in [0, 0.1) is 17.6 Å². The van der Waals surface area contributed by atoms with Gasteiger partial charge in [0.2, 0.25) is 10.0 Å². The molecule has 1 atom stereocenters. The summed E-state index contributed by atoms with van der Waals surface area (Å²) in [5, 5.41) is 0.828. The second-order valence-electron chi connectivity index (χ2n) is 7.54. The number of halogens is 2. The smallest absolute Gasteiger partial charge is 0.232 e. The first-order valence-corrected chi connectivity index (χ1v) is 11.0. The Bertz CT molecular complexity index is 1150. The molecule has 7 heteroatoms. The van der Waals surface area contributed by atoms with E-state index in [1.807, 2.05) is 19.2 Å². The standard InChI is InChI=1S/C21H22F2N2O2S/c1-3-28(26,27)25-19-6-4-5-15-17(12-24-20(15)19)21(2,13-7-8-13)16-10-9-14(22)11-18(16)23/h4-6,9-13,24-25H,3,7-8H2,1-2H3/t21-/m0/s1. The summed E-state index contributed by atoms with van der Waals surface area (Å²) in [5.74, 6) is -0.957. The van der Waals surface area contributed by atoms with Crippen LogP contribution in [0.3, 0.4) is 0 Å². The predicted octanol–water partition coefficient (Wildman–Crippen LogP) is 4.92. The molecule has 2 N–H and O–H groups in total. The molecule has 0 unspecified atom stereocenters. The summed E-state index contributed by atoms with van der Waals surface area (Å²) in [5.41, 5.74) is 1.82. The van der Waals surface area contributed by atoms with Gasteiger partial charge in [0.05, 0.1) is 17.0 Å². The molecule has 4 rings (SSSR count). The maximum Gasteiger partial charge on any atom is 0.232 e. The highest BCUT2D eigenvalue weighted by Gasteiger charge is 2.46. The number of H-pyrrole nitrogens is 1. The van der Waals surface area contributed by atoms with Crippen LogP contribution in [0.5, 0.6) is 0 Å². The van der Waals surface area contributed by atoms with Crippen LogP contribution in [-0.2, 0) is 15.4 Å². The van der Waals surface area contributed by atoms with E-state index in [1.54, 1.807) is 19.1 Å². The molecule has 0 saturated heterocycles. The number of sulfonamides is 1. The Morgan fingerprint density at radius 3 is 2.57 bits per heavy atom. The first-order chi connectivity index (χ1) is 13.3. The highest BCUT2D eigenvalue weighted by atomic mass is 32.2. The molecule has 0 bridgehead atoms. The van der Waals surface area contributed by atoms with Crippen molar-refractivity contribution < 1.29 is 17.2 Å². The maximum absolute atomic E-state index is 14.7. The Kier molecular flexibility index (Phi) is 4.45. The van der Waals surface area contributed by atoms with Gasteiger partial charge in [-0.25, -0.2) is 17.2 Å². The average molecular weight is 404 g/mol. The lowest BCUT2D eigenvalue weighted by atomic mass is 9.72. The van der Waals surface area contributed by atoms with Crippen LogP contribution >= 0.6 is 0 Å². The summed E-state index contributed by atoms with van der Waals surface area (Å²) in [6.45, 7) is 3.55. The van der Waals surface area contributed by atoms with E-state index in [9.17, 15) is 17.2 Å². The fraction of sp³-hybridized carbons (Fsp3) is 0.333. The summed E-state index contributed by atoms with van der Waals surface area (Å²) in [6, 6.07) is 9.10. The number of aromatic nitrogens is 1. The van der Waals surface area contributed by atoms with Crippen molar-refractivity contribution in [1.29, 1.82) is 0 Å². The number of hydrogen-bond acceptors (Lipinski definition) is 2. The molecule has 1 saturated carbocycles. The zero-order chi connectivity index (χ0) is 20.1. The number of hydrogen-bond donors (Lipinski definition) is 2. The van der Waals surface area contributed by atoms with E-state index in [0.29, 0.717) is 16.8 Å². The topological polar surface area (TPSA) is 62.0 Å². The van der Waals surface area contributed by atoms with Gasteiger partial charge in [-0.3, -0.25) is 4.72 Å². The molecule has 0 amide bonds. The van der Waals surface area contributed by atoms with Gasteiger partial charge in [0.1, 0.15) is 11.6 Å². The molecule has 4 nitrogen and oxygen atoms in total. The largest absolute Gasteiger partial charge is 0.359 e. The monoisotopic (exact) mass is 404 g/mol. The van der Waals surface area contributed by atoms with E-state index in [4.69, 9.17) is 0 Å². The molecule has 28 heavy (non-hydrogen) atoms. The van der Waals surface area contributed by atoms with Crippen molar-refractivity contribution in [2.24, 2.45) is 5.92 Å². The second-order valence-corrected chi connectivity index (χ2v) is 9.55. The summed E-state index contributed by atoms with van der Waals surface area (Å²) in [7, 11) is -3.43. The summed E-state index contributed by atoms with van der Waals surface area (Å²) in [6.07, 6.45) is 3.74. The maximum atomic E-state index is 14.7. The molecule has 1 heterocycles. The lowest BCUT2D eigenvalue weighted by Crippen LogP contribution is -2.27. The molecule has 2 aromatic carbocycles. The molecule has 3 aromatic rings. The molecular formula is C21H22F2N2O2S.